The van der Waals surface area contributed by atoms with Crippen molar-refractivity contribution in [2.75, 3.05) is 6.61 Å². The van der Waals surface area contributed by atoms with Crippen molar-refractivity contribution in [2.45, 2.75) is 63.7 Å². The first kappa shape index (κ1) is 13.2. The Bertz CT molecular complexity index is 279. The first-order valence-electron chi connectivity index (χ1n) is 6.77. The quantitative estimate of drug-likeness (QED) is 0.567. The van der Waals surface area contributed by atoms with Gasteiger partial charge in [-0.05, 0) is 63.7 Å². The molecule has 0 saturated heterocycles. The van der Waals surface area contributed by atoms with E-state index in [2.05, 4.69) is 0 Å². The second-order valence-electron chi connectivity index (χ2n) is 6.37. The van der Waals surface area contributed by atoms with Gasteiger partial charge < -0.3 is 4.74 Å². The average Bonchev–Trinajstić information content (AvgIpc) is 2.23. The lowest BCUT2D eigenvalue weighted by molar-refractivity contribution is -0.148. The number of ether oxygens (including phenoxy) is 1. The predicted octanol–water partition coefficient (Wildman–Crippen LogP) is 3.91. The molecule has 0 heterocycles. The van der Waals surface area contributed by atoms with Gasteiger partial charge in [0.25, 0.3) is 0 Å². The second kappa shape index (κ2) is 4.79. The van der Waals surface area contributed by atoms with Crippen LogP contribution in [-0.2, 0) is 9.53 Å². The van der Waals surface area contributed by atoms with E-state index in [1.165, 1.54) is 44.9 Å². The van der Waals surface area contributed by atoms with Crippen LogP contribution in [-0.4, -0.2) is 17.5 Å². The number of halogens is 1. The van der Waals surface area contributed by atoms with E-state index in [-0.39, 0.29) is 5.97 Å². The van der Waals surface area contributed by atoms with E-state index >= 15 is 0 Å². The third-order valence-corrected chi connectivity index (χ3v) is 4.67. The summed E-state index contributed by atoms with van der Waals surface area (Å²) in [4.78, 5) is 10.7. The summed E-state index contributed by atoms with van der Waals surface area (Å²) in [7, 11) is 0. The molecule has 98 valence electrons. The zero-order chi connectivity index (χ0) is 12.5. The van der Waals surface area contributed by atoms with E-state index in [0.717, 1.165) is 0 Å². The fourth-order valence-corrected chi connectivity index (χ4v) is 3.05. The lowest BCUT2D eigenvalue weighted by Crippen LogP contribution is -2.36. The third kappa shape index (κ3) is 3.15. The zero-order valence-electron chi connectivity index (χ0n) is 10.9. The Morgan fingerprint density at radius 2 is 1.88 bits per heavy atom. The maximum Gasteiger partial charge on any atom is 0.326 e. The topological polar surface area (TPSA) is 26.3 Å². The molecule has 0 atom stereocenters. The summed E-state index contributed by atoms with van der Waals surface area (Å²) in [5, 5.41) is 0. The van der Waals surface area contributed by atoms with Crippen molar-refractivity contribution in [3.8, 4) is 0 Å². The average molecular weight is 259 g/mol. The van der Waals surface area contributed by atoms with Crippen LogP contribution in [0.1, 0.15) is 58.8 Å². The van der Waals surface area contributed by atoms with Gasteiger partial charge in [-0.3, -0.25) is 4.79 Å². The minimum atomic E-state index is -0.885. The fraction of sp³-hybridized carbons (Fsp3) is 0.929. The first-order valence-corrected chi connectivity index (χ1v) is 7.15. The standard InChI is InChI=1S/C14H23ClO2/c1-13(2,15)12(16)17-10-11-4-8-14(9-5-11)6-3-7-14/h11H,3-10H2,1-2H3. The number of carbonyl (C=O) groups is 1. The fourth-order valence-electron chi connectivity index (χ4n) is 3.00. The van der Waals surface area contributed by atoms with Crippen LogP contribution in [0.3, 0.4) is 0 Å². The van der Waals surface area contributed by atoms with Crippen LogP contribution in [0.2, 0.25) is 0 Å². The molecule has 17 heavy (non-hydrogen) atoms. The molecule has 1 spiro atoms. The Labute approximate surface area is 109 Å². The highest BCUT2D eigenvalue weighted by atomic mass is 35.5. The summed E-state index contributed by atoms with van der Waals surface area (Å²) < 4.78 is 5.29. The lowest BCUT2D eigenvalue weighted by Gasteiger charge is -2.47. The van der Waals surface area contributed by atoms with Gasteiger partial charge in [0.1, 0.15) is 4.87 Å². The van der Waals surface area contributed by atoms with Crippen LogP contribution >= 0.6 is 11.6 Å². The van der Waals surface area contributed by atoms with Gasteiger partial charge in [-0.1, -0.05) is 6.42 Å². The molecule has 0 aromatic rings. The molecule has 3 heteroatoms. The molecule has 0 N–H and O–H groups in total. The van der Waals surface area contributed by atoms with Gasteiger partial charge in [0, 0.05) is 0 Å². The summed E-state index contributed by atoms with van der Waals surface area (Å²) >= 11 is 5.90. The molecule has 0 radical (unpaired) electrons. The van der Waals surface area contributed by atoms with E-state index in [1.807, 2.05) is 0 Å². The summed E-state index contributed by atoms with van der Waals surface area (Å²) in [5.74, 6) is 0.271. The van der Waals surface area contributed by atoms with Gasteiger partial charge in [0.15, 0.2) is 0 Å². The Hall–Kier alpha value is -0.240. The normalized spacial score (nSPS) is 24.4. The van der Waals surface area contributed by atoms with E-state index in [4.69, 9.17) is 16.3 Å². The van der Waals surface area contributed by atoms with Crippen LogP contribution in [0.15, 0.2) is 0 Å². The maximum absolute atomic E-state index is 11.5. The van der Waals surface area contributed by atoms with E-state index in [1.54, 1.807) is 13.8 Å². The highest BCUT2D eigenvalue weighted by Crippen LogP contribution is 2.52. The molecule has 0 amide bonds. The van der Waals surface area contributed by atoms with Gasteiger partial charge in [0.05, 0.1) is 6.61 Å². The molecule has 0 aromatic heterocycles. The van der Waals surface area contributed by atoms with Crippen molar-refractivity contribution in [1.82, 2.24) is 0 Å². The minimum Gasteiger partial charge on any atom is -0.464 e. The molecular weight excluding hydrogens is 236 g/mol. The van der Waals surface area contributed by atoms with Crippen molar-refractivity contribution >= 4 is 17.6 Å². The molecule has 2 nitrogen and oxygen atoms in total. The van der Waals surface area contributed by atoms with E-state index in [9.17, 15) is 4.79 Å². The van der Waals surface area contributed by atoms with Crippen molar-refractivity contribution in [3.63, 3.8) is 0 Å². The summed E-state index contributed by atoms with van der Waals surface area (Å²) in [6, 6.07) is 0. The number of esters is 1. The first-order chi connectivity index (χ1) is 7.91. The minimum absolute atomic E-state index is 0.289. The number of rotatable bonds is 3. The molecule has 0 aromatic carbocycles. The number of hydrogen-bond acceptors (Lipinski definition) is 2. The third-order valence-electron chi connectivity index (χ3n) is 4.52. The van der Waals surface area contributed by atoms with E-state index in [0.29, 0.717) is 17.9 Å². The molecule has 2 aliphatic carbocycles. The summed E-state index contributed by atoms with van der Waals surface area (Å²) in [6.07, 6.45) is 9.37. The second-order valence-corrected chi connectivity index (χ2v) is 7.31. The van der Waals surface area contributed by atoms with E-state index < -0.39 is 4.87 Å². The molecule has 0 bridgehead atoms. The monoisotopic (exact) mass is 258 g/mol. The SMILES string of the molecule is CC(C)(Cl)C(=O)OCC1CCC2(CCC2)CC1. The summed E-state index contributed by atoms with van der Waals surface area (Å²) in [5.41, 5.74) is 0.687. The van der Waals surface area contributed by atoms with Crippen LogP contribution in [0.25, 0.3) is 0 Å². The van der Waals surface area contributed by atoms with Crippen LogP contribution in [0.5, 0.6) is 0 Å². The predicted molar refractivity (Wildman–Crippen MR) is 69.1 cm³/mol. The molecule has 2 saturated carbocycles. The van der Waals surface area contributed by atoms with Gasteiger partial charge in [0.2, 0.25) is 0 Å². The zero-order valence-corrected chi connectivity index (χ0v) is 11.7. The maximum atomic E-state index is 11.5. The number of alkyl halides is 1. The van der Waals surface area contributed by atoms with Gasteiger partial charge in [-0.15, -0.1) is 11.6 Å². The smallest absolute Gasteiger partial charge is 0.326 e. The summed E-state index contributed by atoms with van der Waals surface area (Å²) in [6.45, 7) is 3.92. The Kier molecular flexibility index (Phi) is 3.72. The number of hydrogen-bond donors (Lipinski definition) is 0. The van der Waals surface area contributed by atoms with Gasteiger partial charge in [-0.2, -0.15) is 0 Å². The molecule has 0 unspecified atom stereocenters. The molecule has 2 rings (SSSR count). The molecule has 2 fully saturated rings. The highest BCUT2D eigenvalue weighted by Gasteiger charge is 2.40. The van der Waals surface area contributed by atoms with Crippen molar-refractivity contribution < 1.29 is 9.53 Å². The van der Waals surface area contributed by atoms with Crippen LogP contribution in [0, 0.1) is 11.3 Å². The van der Waals surface area contributed by atoms with Gasteiger partial charge >= 0.3 is 5.97 Å². The van der Waals surface area contributed by atoms with Crippen molar-refractivity contribution in [1.29, 1.82) is 0 Å². The van der Waals surface area contributed by atoms with Crippen molar-refractivity contribution in [3.05, 3.63) is 0 Å². The molecular formula is C14H23ClO2. The van der Waals surface area contributed by atoms with Crippen molar-refractivity contribution in [2.24, 2.45) is 11.3 Å². The highest BCUT2D eigenvalue weighted by molar-refractivity contribution is 6.33. The lowest BCUT2D eigenvalue weighted by atomic mass is 9.59. The Balaban J connectivity index is 1.70. The molecule has 0 aliphatic heterocycles. The van der Waals surface area contributed by atoms with Crippen LogP contribution < -0.4 is 0 Å². The van der Waals surface area contributed by atoms with Crippen LogP contribution in [0.4, 0.5) is 0 Å². The molecule has 2 aliphatic rings. The number of carbonyl (C=O) groups excluding carboxylic acids is 1. The largest absolute Gasteiger partial charge is 0.464 e. The Morgan fingerprint density at radius 1 is 1.29 bits per heavy atom. The van der Waals surface area contributed by atoms with Gasteiger partial charge in [-0.25, -0.2) is 0 Å². The Morgan fingerprint density at radius 3 is 2.29 bits per heavy atom.